The fraction of sp³-hybridized carbons (Fsp3) is 0.333. The molecule has 2 aromatic rings. The van der Waals surface area contributed by atoms with Crippen molar-refractivity contribution in [3.8, 4) is 0 Å². The highest BCUT2D eigenvalue weighted by molar-refractivity contribution is 6.06. The molecule has 0 atom stereocenters. The summed E-state index contributed by atoms with van der Waals surface area (Å²) in [5, 5.41) is 0.458. The molecule has 0 bridgehead atoms. The van der Waals surface area contributed by atoms with Crippen LogP contribution >= 0.6 is 0 Å². The maximum absolute atomic E-state index is 13.9. The van der Waals surface area contributed by atoms with Gasteiger partial charge < -0.3 is 9.88 Å². The van der Waals surface area contributed by atoms with E-state index >= 15 is 0 Å². The highest BCUT2D eigenvalue weighted by atomic mass is 19.1. The van der Waals surface area contributed by atoms with Crippen LogP contribution in [0.15, 0.2) is 23.0 Å². The first kappa shape index (κ1) is 12.8. The summed E-state index contributed by atoms with van der Waals surface area (Å²) in [5.41, 5.74) is 0.606. The summed E-state index contributed by atoms with van der Waals surface area (Å²) in [6.45, 7) is 1.76. The maximum atomic E-state index is 13.9. The van der Waals surface area contributed by atoms with Crippen LogP contribution in [-0.4, -0.2) is 28.9 Å². The number of aromatic amines is 1. The number of H-pyrrole nitrogens is 1. The second kappa shape index (κ2) is 4.44. The van der Waals surface area contributed by atoms with E-state index in [1.165, 1.54) is 12.1 Å². The molecule has 1 aliphatic carbocycles. The van der Waals surface area contributed by atoms with Gasteiger partial charge in [0.15, 0.2) is 0 Å². The van der Waals surface area contributed by atoms with Gasteiger partial charge in [-0.2, -0.15) is 0 Å². The number of nitrogens with zero attached hydrogens (tertiary/aromatic N) is 1. The van der Waals surface area contributed by atoms with Gasteiger partial charge >= 0.3 is 0 Å². The molecule has 0 unspecified atom stereocenters. The number of carbonyl (C=O) groups is 1. The lowest BCUT2D eigenvalue weighted by Gasteiger charge is -2.17. The lowest BCUT2D eigenvalue weighted by Crippen LogP contribution is -2.30. The summed E-state index contributed by atoms with van der Waals surface area (Å²) in [4.78, 5) is 28.2. The number of aryl methyl sites for hydroxylation is 1. The Morgan fingerprint density at radius 1 is 1.35 bits per heavy atom. The summed E-state index contributed by atoms with van der Waals surface area (Å²) in [5.74, 6) is -0.741. The van der Waals surface area contributed by atoms with Crippen molar-refractivity contribution in [2.24, 2.45) is 0 Å². The van der Waals surface area contributed by atoms with E-state index in [4.69, 9.17) is 0 Å². The van der Waals surface area contributed by atoms with Gasteiger partial charge in [-0.3, -0.25) is 9.59 Å². The number of hydrogen-bond donors (Lipinski definition) is 1. The Hall–Kier alpha value is -2.17. The van der Waals surface area contributed by atoms with Crippen LogP contribution in [0.1, 0.15) is 28.8 Å². The average Bonchev–Trinajstić information content (AvgIpc) is 3.21. The van der Waals surface area contributed by atoms with Crippen LogP contribution in [-0.2, 0) is 0 Å². The summed E-state index contributed by atoms with van der Waals surface area (Å²) < 4.78 is 13.9. The molecule has 1 N–H and O–H groups in total. The molecule has 0 radical (unpaired) electrons. The van der Waals surface area contributed by atoms with Gasteiger partial charge in [0, 0.05) is 24.5 Å². The maximum Gasteiger partial charge on any atom is 0.254 e. The number of nitrogens with one attached hydrogen (secondary N) is 1. The molecule has 104 valence electrons. The van der Waals surface area contributed by atoms with Gasteiger partial charge in [-0.1, -0.05) is 0 Å². The minimum atomic E-state index is -0.513. The van der Waals surface area contributed by atoms with Crippen molar-refractivity contribution in [2.45, 2.75) is 25.8 Å². The number of amides is 1. The van der Waals surface area contributed by atoms with Crippen molar-refractivity contribution in [1.29, 1.82) is 0 Å². The van der Waals surface area contributed by atoms with Crippen molar-refractivity contribution >= 4 is 16.8 Å². The molecule has 0 saturated heterocycles. The molecular formula is C15H15FN2O2. The van der Waals surface area contributed by atoms with Crippen LogP contribution in [0, 0.1) is 12.7 Å². The lowest BCUT2D eigenvalue weighted by atomic mass is 10.0. The Kier molecular flexibility index (Phi) is 2.85. The van der Waals surface area contributed by atoms with Gasteiger partial charge in [-0.05, 0) is 37.5 Å². The fourth-order valence-corrected chi connectivity index (χ4v) is 2.44. The van der Waals surface area contributed by atoms with Gasteiger partial charge in [0.2, 0.25) is 5.56 Å². The Bertz CT molecular complexity index is 762. The molecule has 1 aromatic carbocycles. The quantitative estimate of drug-likeness (QED) is 0.912. The Balaban J connectivity index is 2.23. The minimum Gasteiger partial charge on any atom is -0.339 e. The van der Waals surface area contributed by atoms with Crippen molar-refractivity contribution in [1.82, 2.24) is 9.88 Å². The monoisotopic (exact) mass is 274 g/mol. The second-order valence-corrected chi connectivity index (χ2v) is 5.36. The van der Waals surface area contributed by atoms with Crippen LogP contribution < -0.4 is 5.56 Å². The molecule has 20 heavy (non-hydrogen) atoms. The molecule has 0 aliphatic heterocycles. The molecule has 1 amide bonds. The number of benzene rings is 1. The zero-order chi connectivity index (χ0) is 14.4. The van der Waals surface area contributed by atoms with Gasteiger partial charge in [-0.25, -0.2) is 4.39 Å². The lowest BCUT2D eigenvalue weighted by molar-refractivity contribution is 0.0787. The van der Waals surface area contributed by atoms with Gasteiger partial charge in [0.05, 0.1) is 11.1 Å². The van der Waals surface area contributed by atoms with Crippen LogP contribution in [0.2, 0.25) is 0 Å². The zero-order valence-electron chi connectivity index (χ0n) is 11.4. The first-order chi connectivity index (χ1) is 9.47. The molecule has 3 rings (SSSR count). The van der Waals surface area contributed by atoms with Gasteiger partial charge in [-0.15, -0.1) is 0 Å². The fourth-order valence-electron chi connectivity index (χ4n) is 2.44. The van der Waals surface area contributed by atoms with E-state index in [-0.39, 0.29) is 23.0 Å². The molecular weight excluding hydrogens is 259 g/mol. The van der Waals surface area contributed by atoms with Gasteiger partial charge in [0.25, 0.3) is 5.91 Å². The van der Waals surface area contributed by atoms with Crippen LogP contribution in [0.25, 0.3) is 10.9 Å². The number of halogens is 1. The standard InChI is InChI=1S/C15H15FN2O2/c1-8-5-10-11(15(20)18(2)9-3-4-9)7-13(19)17-14(10)12(16)6-8/h5-7,9H,3-4H2,1-2H3,(H,17,19). The predicted octanol–water partition coefficient (Wildman–Crippen LogP) is 2.21. The predicted molar refractivity (Wildman–Crippen MR) is 74.4 cm³/mol. The van der Waals surface area contributed by atoms with E-state index in [1.54, 1.807) is 24.9 Å². The Morgan fingerprint density at radius 2 is 2.05 bits per heavy atom. The summed E-state index contributed by atoms with van der Waals surface area (Å²) in [7, 11) is 1.72. The number of rotatable bonds is 2. The Labute approximate surface area is 115 Å². The second-order valence-electron chi connectivity index (χ2n) is 5.36. The number of pyridine rings is 1. The normalized spacial score (nSPS) is 14.6. The van der Waals surface area contributed by atoms with E-state index in [0.29, 0.717) is 10.9 Å². The summed E-state index contributed by atoms with van der Waals surface area (Å²) in [6.07, 6.45) is 1.97. The highest BCUT2D eigenvalue weighted by Gasteiger charge is 2.31. The smallest absolute Gasteiger partial charge is 0.254 e. The molecule has 1 heterocycles. The van der Waals surface area contributed by atoms with Crippen LogP contribution in [0.3, 0.4) is 0 Å². The number of fused-ring (bicyclic) bond motifs is 1. The zero-order valence-corrected chi connectivity index (χ0v) is 11.4. The van der Waals surface area contributed by atoms with Crippen molar-refractivity contribution in [3.05, 3.63) is 45.5 Å². The van der Waals surface area contributed by atoms with E-state index in [1.807, 2.05) is 0 Å². The van der Waals surface area contributed by atoms with E-state index < -0.39 is 11.4 Å². The first-order valence-corrected chi connectivity index (χ1v) is 6.57. The number of aromatic nitrogens is 1. The molecule has 4 nitrogen and oxygen atoms in total. The third-order valence-corrected chi connectivity index (χ3v) is 3.69. The van der Waals surface area contributed by atoms with Crippen LogP contribution in [0.5, 0.6) is 0 Å². The van der Waals surface area contributed by atoms with Crippen molar-refractivity contribution in [2.75, 3.05) is 7.05 Å². The highest BCUT2D eigenvalue weighted by Crippen LogP contribution is 2.28. The molecule has 1 saturated carbocycles. The Morgan fingerprint density at radius 3 is 2.70 bits per heavy atom. The average molecular weight is 274 g/mol. The molecule has 5 heteroatoms. The molecule has 1 fully saturated rings. The van der Waals surface area contributed by atoms with E-state index in [2.05, 4.69) is 4.98 Å². The van der Waals surface area contributed by atoms with Gasteiger partial charge in [0.1, 0.15) is 5.82 Å². The number of hydrogen-bond acceptors (Lipinski definition) is 2. The largest absolute Gasteiger partial charge is 0.339 e. The number of carbonyl (C=O) groups excluding carboxylic acids is 1. The van der Waals surface area contributed by atoms with Crippen molar-refractivity contribution in [3.63, 3.8) is 0 Å². The minimum absolute atomic E-state index is 0.0932. The first-order valence-electron chi connectivity index (χ1n) is 6.57. The topological polar surface area (TPSA) is 53.2 Å². The van der Waals surface area contributed by atoms with E-state index in [9.17, 15) is 14.0 Å². The SMILES string of the molecule is Cc1cc(F)c2[nH]c(=O)cc(C(=O)N(C)C3CC3)c2c1. The van der Waals surface area contributed by atoms with E-state index in [0.717, 1.165) is 12.8 Å². The third kappa shape index (κ3) is 2.09. The molecule has 1 aromatic heterocycles. The van der Waals surface area contributed by atoms with Crippen molar-refractivity contribution < 1.29 is 9.18 Å². The summed E-state index contributed by atoms with van der Waals surface area (Å²) >= 11 is 0. The molecule has 1 aliphatic rings. The summed E-state index contributed by atoms with van der Waals surface area (Å²) in [6, 6.07) is 4.56. The third-order valence-electron chi connectivity index (χ3n) is 3.69. The van der Waals surface area contributed by atoms with Crippen LogP contribution in [0.4, 0.5) is 4.39 Å². The molecule has 0 spiro atoms.